The largest absolute Gasteiger partial charge is 0.204 e. The molecule has 0 aromatic heterocycles. The molecule has 0 spiro atoms. The summed E-state index contributed by atoms with van der Waals surface area (Å²) in [4.78, 5) is 0. The quantitative estimate of drug-likeness (QED) is 0.498. The Hall–Kier alpha value is -1.06. The molecule has 0 aliphatic heterocycles. The molecular formula is C11H12F4. The van der Waals surface area contributed by atoms with Crippen LogP contribution in [0.4, 0.5) is 17.6 Å². The van der Waals surface area contributed by atoms with Gasteiger partial charge in [-0.15, -0.1) is 0 Å². The Kier molecular flexibility index (Phi) is 3.07. The number of rotatable bonds is 1. The van der Waals surface area contributed by atoms with Crippen molar-refractivity contribution >= 4 is 0 Å². The van der Waals surface area contributed by atoms with E-state index in [4.69, 9.17) is 0 Å². The third-order valence-electron chi connectivity index (χ3n) is 1.91. The van der Waals surface area contributed by atoms with Crippen molar-refractivity contribution in [3.05, 3.63) is 34.9 Å². The highest BCUT2D eigenvalue weighted by molar-refractivity contribution is 5.23. The Balaban J connectivity index is 3.27. The summed E-state index contributed by atoms with van der Waals surface area (Å²) >= 11 is 0. The molecule has 0 saturated heterocycles. The minimum Gasteiger partial charge on any atom is -0.204 e. The van der Waals surface area contributed by atoms with Crippen molar-refractivity contribution in [3.8, 4) is 0 Å². The summed E-state index contributed by atoms with van der Waals surface area (Å²) in [7, 11) is 0. The van der Waals surface area contributed by atoms with Gasteiger partial charge in [-0.25, -0.2) is 17.6 Å². The fourth-order valence-corrected chi connectivity index (χ4v) is 1.31. The Morgan fingerprint density at radius 3 is 1.67 bits per heavy atom. The average molecular weight is 220 g/mol. The average Bonchev–Trinajstić information content (AvgIpc) is 2.08. The number of benzene rings is 1. The third kappa shape index (κ3) is 2.70. The monoisotopic (exact) mass is 220 g/mol. The molecule has 1 aromatic carbocycles. The Labute approximate surface area is 85.9 Å². The van der Waals surface area contributed by atoms with E-state index in [-0.39, 0.29) is 12.5 Å². The van der Waals surface area contributed by atoms with Crippen LogP contribution in [0.1, 0.15) is 26.3 Å². The van der Waals surface area contributed by atoms with E-state index in [0.29, 0.717) is 0 Å². The molecule has 0 fully saturated rings. The molecule has 15 heavy (non-hydrogen) atoms. The normalized spacial score (nSPS) is 11.9. The lowest BCUT2D eigenvalue weighted by Gasteiger charge is -2.19. The van der Waals surface area contributed by atoms with Crippen molar-refractivity contribution < 1.29 is 17.6 Å². The van der Waals surface area contributed by atoms with Crippen LogP contribution in [0.5, 0.6) is 0 Å². The Morgan fingerprint density at radius 1 is 0.933 bits per heavy atom. The topological polar surface area (TPSA) is 0 Å². The van der Waals surface area contributed by atoms with Gasteiger partial charge in [0.2, 0.25) is 0 Å². The summed E-state index contributed by atoms with van der Waals surface area (Å²) in [5, 5.41) is 0. The van der Waals surface area contributed by atoms with Gasteiger partial charge in [-0.05, 0) is 11.8 Å². The van der Waals surface area contributed by atoms with Gasteiger partial charge < -0.3 is 0 Å². The van der Waals surface area contributed by atoms with Crippen LogP contribution in [-0.2, 0) is 6.42 Å². The van der Waals surface area contributed by atoms with E-state index >= 15 is 0 Å². The van der Waals surface area contributed by atoms with E-state index in [1.54, 1.807) is 20.8 Å². The van der Waals surface area contributed by atoms with Crippen LogP contribution in [-0.4, -0.2) is 0 Å². The Morgan fingerprint density at radius 2 is 1.33 bits per heavy atom. The van der Waals surface area contributed by atoms with Crippen LogP contribution in [0.15, 0.2) is 6.07 Å². The lowest BCUT2D eigenvalue weighted by molar-refractivity contribution is 0.371. The van der Waals surface area contributed by atoms with Crippen molar-refractivity contribution in [2.75, 3.05) is 0 Å². The summed E-state index contributed by atoms with van der Waals surface area (Å²) in [5.74, 6) is -5.31. The van der Waals surface area contributed by atoms with Gasteiger partial charge in [-0.3, -0.25) is 0 Å². The van der Waals surface area contributed by atoms with Gasteiger partial charge in [0.15, 0.2) is 23.3 Å². The first-order valence-corrected chi connectivity index (χ1v) is 4.54. The van der Waals surface area contributed by atoms with Gasteiger partial charge in [0.05, 0.1) is 0 Å². The third-order valence-corrected chi connectivity index (χ3v) is 1.91. The van der Waals surface area contributed by atoms with Crippen LogP contribution in [0.2, 0.25) is 0 Å². The van der Waals surface area contributed by atoms with Crippen molar-refractivity contribution in [2.24, 2.45) is 5.41 Å². The van der Waals surface area contributed by atoms with Gasteiger partial charge in [-0.1, -0.05) is 20.8 Å². The van der Waals surface area contributed by atoms with Crippen LogP contribution in [0.25, 0.3) is 0 Å². The standard InChI is InChI=1S/C11H12F4/c1-11(2,3)5-6-9(14)7(12)4-8(13)10(6)15/h4H,5H2,1-3H3. The molecule has 0 aliphatic rings. The highest BCUT2D eigenvalue weighted by atomic mass is 19.2. The van der Waals surface area contributed by atoms with Crippen molar-refractivity contribution in [3.63, 3.8) is 0 Å². The molecule has 0 atom stereocenters. The molecule has 0 unspecified atom stereocenters. The van der Waals surface area contributed by atoms with Gasteiger partial charge in [0, 0.05) is 11.6 Å². The maximum absolute atomic E-state index is 13.2. The first-order chi connectivity index (χ1) is 6.72. The first-order valence-electron chi connectivity index (χ1n) is 4.54. The summed E-state index contributed by atoms with van der Waals surface area (Å²) < 4.78 is 52.0. The van der Waals surface area contributed by atoms with Gasteiger partial charge in [-0.2, -0.15) is 0 Å². The van der Waals surface area contributed by atoms with E-state index in [9.17, 15) is 17.6 Å². The smallest absolute Gasteiger partial charge is 0.165 e. The van der Waals surface area contributed by atoms with Crippen LogP contribution in [0, 0.1) is 28.7 Å². The molecule has 0 nitrogen and oxygen atoms in total. The fraction of sp³-hybridized carbons (Fsp3) is 0.455. The van der Waals surface area contributed by atoms with Crippen molar-refractivity contribution in [1.29, 1.82) is 0 Å². The second-order valence-electron chi connectivity index (χ2n) is 4.68. The molecule has 0 saturated carbocycles. The fourth-order valence-electron chi connectivity index (χ4n) is 1.31. The summed E-state index contributed by atoms with van der Waals surface area (Å²) in [5.41, 5.74) is -0.970. The van der Waals surface area contributed by atoms with Crippen molar-refractivity contribution in [2.45, 2.75) is 27.2 Å². The summed E-state index contributed by atoms with van der Waals surface area (Å²) in [6, 6.07) is 0.219. The molecule has 84 valence electrons. The zero-order valence-electron chi connectivity index (χ0n) is 8.80. The summed E-state index contributed by atoms with van der Waals surface area (Å²) in [6.07, 6.45) is -0.0562. The lowest BCUT2D eigenvalue weighted by Crippen LogP contribution is -2.14. The molecule has 0 radical (unpaired) electrons. The van der Waals surface area contributed by atoms with E-state index in [1.165, 1.54) is 0 Å². The lowest BCUT2D eigenvalue weighted by atomic mass is 9.87. The highest BCUT2D eigenvalue weighted by Gasteiger charge is 2.23. The summed E-state index contributed by atoms with van der Waals surface area (Å²) in [6.45, 7) is 5.19. The minimum absolute atomic E-state index is 0.0562. The van der Waals surface area contributed by atoms with Crippen molar-refractivity contribution in [1.82, 2.24) is 0 Å². The van der Waals surface area contributed by atoms with Gasteiger partial charge >= 0.3 is 0 Å². The molecule has 1 aromatic rings. The number of hydrogen-bond donors (Lipinski definition) is 0. The molecule has 0 aliphatic carbocycles. The van der Waals surface area contributed by atoms with Crippen LogP contribution < -0.4 is 0 Å². The molecule has 1 rings (SSSR count). The predicted octanol–water partition coefficient (Wildman–Crippen LogP) is 3.83. The molecular weight excluding hydrogens is 208 g/mol. The number of halogens is 4. The highest BCUT2D eigenvalue weighted by Crippen LogP contribution is 2.27. The van der Waals surface area contributed by atoms with Crippen LogP contribution >= 0.6 is 0 Å². The Bertz CT molecular complexity index is 351. The SMILES string of the molecule is CC(C)(C)Cc1c(F)c(F)cc(F)c1F. The maximum atomic E-state index is 13.2. The molecule has 0 amide bonds. The zero-order chi connectivity index (χ0) is 11.8. The number of hydrogen-bond acceptors (Lipinski definition) is 0. The molecule has 4 heteroatoms. The first kappa shape index (κ1) is 12.0. The van der Waals surface area contributed by atoms with E-state index in [1.807, 2.05) is 0 Å². The second-order valence-corrected chi connectivity index (χ2v) is 4.68. The van der Waals surface area contributed by atoms with E-state index in [0.717, 1.165) is 0 Å². The zero-order valence-corrected chi connectivity index (χ0v) is 8.80. The van der Waals surface area contributed by atoms with E-state index in [2.05, 4.69) is 0 Å². The second kappa shape index (κ2) is 3.83. The minimum atomic E-state index is -1.35. The van der Waals surface area contributed by atoms with E-state index < -0.39 is 34.2 Å². The maximum Gasteiger partial charge on any atom is 0.165 e. The molecule has 0 N–H and O–H groups in total. The molecule has 0 bridgehead atoms. The predicted molar refractivity (Wildman–Crippen MR) is 49.4 cm³/mol. The molecule has 0 heterocycles. The van der Waals surface area contributed by atoms with Gasteiger partial charge in [0.1, 0.15) is 0 Å². The van der Waals surface area contributed by atoms with Gasteiger partial charge in [0.25, 0.3) is 0 Å². The van der Waals surface area contributed by atoms with Crippen LogP contribution in [0.3, 0.4) is 0 Å².